The van der Waals surface area contributed by atoms with E-state index < -0.39 is 0 Å². The number of carbonyl (C=O) groups excluding carboxylic acids is 1. The quantitative estimate of drug-likeness (QED) is 0.892. The van der Waals surface area contributed by atoms with Gasteiger partial charge in [0.2, 0.25) is 5.91 Å². The smallest absolute Gasteiger partial charge is 0.227 e. The lowest BCUT2D eigenvalue weighted by molar-refractivity contribution is -0.122. The Morgan fingerprint density at radius 1 is 1.42 bits per heavy atom. The number of carbonyl (C=O) groups is 1. The number of amides is 1. The molecule has 0 aromatic heterocycles. The summed E-state index contributed by atoms with van der Waals surface area (Å²) < 4.78 is 0. The average Bonchev–Trinajstić information content (AvgIpc) is 2.43. The van der Waals surface area contributed by atoms with Gasteiger partial charge in [-0.2, -0.15) is 0 Å². The zero-order chi connectivity index (χ0) is 13.8. The van der Waals surface area contributed by atoms with Crippen LogP contribution in [0.1, 0.15) is 31.2 Å². The van der Waals surface area contributed by atoms with Crippen molar-refractivity contribution in [2.75, 3.05) is 11.9 Å². The highest BCUT2D eigenvalue weighted by Crippen LogP contribution is 2.31. The normalized spacial score (nSPS) is 23.1. The summed E-state index contributed by atoms with van der Waals surface area (Å²) in [5.41, 5.74) is 7.50. The van der Waals surface area contributed by atoms with Gasteiger partial charge in [0, 0.05) is 16.6 Å². The van der Waals surface area contributed by atoms with Crippen LogP contribution in [0.2, 0.25) is 5.02 Å². The predicted octanol–water partition coefficient (Wildman–Crippen LogP) is 3.35. The van der Waals surface area contributed by atoms with Crippen LogP contribution < -0.4 is 11.1 Å². The summed E-state index contributed by atoms with van der Waals surface area (Å²) in [5.74, 6) is 0.436. The molecule has 1 aliphatic rings. The van der Waals surface area contributed by atoms with Crippen molar-refractivity contribution >= 4 is 23.2 Å². The van der Waals surface area contributed by atoms with Crippen molar-refractivity contribution in [1.82, 2.24) is 0 Å². The summed E-state index contributed by atoms with van der Waals surface area (Å²) in [5, 5.41) is 3.68. The highest BCUT2D eigenvalue weighted by atomic mass is 35.5. The third kappa shape index (κ3) is 3.28. The van der Waals surface area contributed by atoms with E-state index in [1.807, 2.05) is 25.1 Å². The van der Waals surface area contributed by atoms with Gasteiger partial charge in [0.15, 0.2) is 0 Å². The van der Waals surface area contributed by atoms with Crippen molar-refractivity contribution in [3.8, 4) is 0 Å². The van der Waals surface area contributed by atoms with Crippen molar-refractivity contribution in [3.63, 3.8) is 0 Å². The van der Waals surface area contributed by atoms with E-state index in [1.54, 1.807) is 0 Å². The molecule has 3 N–H and O–H groups in total. The lowest BCUT2D eigenvalue weighted by Gasteiger charge is -2.29. The van der Waals surface area contributed by atoms with Crippen molar-refractivity contribution in [2.24, 2.45) is 17.6 Å². The summed E-state index contributed by atoms with van der Waals surface area (Å²) >= 11 is 6.07. The minimum atomic E-state index is 0.0390. The van der Waals surface area contributed by atoms with Gasteiger partial charge in [-0.3, -0.25) is 4.79 Å². The van der Waals surface area contributed by atoms with Gasteiger partial charge in [0.1, 0.15) is 0 Å². The molecule has 1 saturated carbocycles. The first-order valence-electron chi connectivity index (χ1n) is 6.89. The predicted molar refractivity (Wildman–Crippen MR) is 79.3 cm³/mol. The molecule has 19 heavy (non-hydrogen) atoms. The van der Waals surface area contributed by atoms with Crippen LogP contribution in [0.3, 0.4) is 0 Å². The number of nitrogens with one attached hydrogen (secondary N) is 1. The maximum absolute atomic E-state index is 12.4. The molecule has 1 fully saturated rings. The zero-order valence-electron chi connectivity index (χ0n) is 11.3. The molecule has 2 atom stereocenters. The Hall–Kier alpha value is -1.06. The first-order valence-corrected chi connectivity index (χ1v) is 7.27. The second kappa shape index (κ2) is 6.40. The summed E-state index contributed by atoms with van der Waals surface area (Å²) in [4.78, 5) is 12.4. The molecule has 0 saturated heterocycles. The van der Waals surface area contributed by atoms with E-state index in [0.29, 0.717) is 17.5 Å². The standard InChI is InChI=1S/C15H21ClN2O/c1-10-13(16)7-4-8-14(10)18-15(19)12-6-3-2-5-11(12)9-17/h4,7-8,11-12H,2-3,5-6,9,17H2,1H3,(H,18,19). The average molecular weight is 281 g/mol. The van der Waals surface area contributed by atoms with E-state index in [4.69, 9.17) is 17.3 Å². The molecule has 1 amide bonds. The Morgan fingerprint density at radius 3 is 2.89 bits per heavy atom. The van der Waals surface area contributed by atoms with Gasteiger partial charge in [-0.05, 0) is 49.9 Å². The largest absolute Gasteiger partial charge is 0.330 e. The van der Waals surface area contributed by atoms with Gasteiger partial charge in [-0.15, -0.1) is 0 Å². The number of hydrogen-bond acceptors (Lipinski definition) is 2. The van der Waals surface area contributed by atoms with Crippen LogP contribution >= 0.6 is 11.6 Å². The van der Waals surface area contributed by atoms with E-state index in [0.717, 1.165) is 30.5 Å². The molecule has 4 heteroatoms. The van der Waals surface area contributed by atoms with Gasteiger partial charge in [0.25, 0.3) is 0 Å². The molecular formula is C15H21ClN2O. The van der Waals surface area contributed by atoms with Crippen molar-refractivity contribution in [3.05, 3.63) is 28.8 Å². The minimum absolute atomic E-state index is 0.0390. The number of halogens is 1. The summed E-state index contributed by atoms with van der Waals surface area (Å²) in [6.45, 7) is 2.51. The molecule has 1 aliphatic carbocycles. The number of rotatable bonds is 3. The Bertz CT molecular complexity index is 461. The zero-order valence-corrected chi connectivity index (χ0v) is 12.0. The Kier molecular flexibility index (Phi) is 4.83. The SMILES string of the molecule is Cc1c(Cl)cccc1NC(=O)C1CCCCC1CN. The third-order valence-electron chi connectivity index (χ3n) is 4.07. The molecule has 1 aromatic carbocycles. The summed E-state index contributed by atoms with van der Waals surface area (Å²) in [6.07, 6.45) is 4.29. The Morgan fingerprint density at radius 2 is 2.16 bits per heavy atom. The van der Waals surface area contributed by atoms with E-state index in [2.05, 4.69) is 5.32 Å². The second-order valence-electron chi connectivity index (χ2n) is 5.29. The molecule has 0 radical (unpaired) electrons. The van der Waals surface area contributed by atoms with Crippen LogP contribution in [0.25, 0.3) is 0 Å². The molecule has 104 valence electrons. The summed E-state index contributed by atoms with van der Waals surface area (Å²) in [7, 11) is 0. The fourth-order valence-corrected chi connectivity index (χ4v) is 2.98. The number of benzene rings is 1. The van der Waals surface area contributed by atoms with Gasteiger partial charge in [-0.1, -0.05) is 30.5 Å². The van der Waals surface area contributed by atoms with Gasteiger partial charge in [0.05, 0.1) is 0 Å². The van der Waals surface area contributed by atoms with Crippen LogP contribution in [0.5, 0.6) is 0 Å². The van der Waals surface area contributed by atoms with Crippen LogP contribution in [0.15, 0.2) is 18.2 Å². The molecular weight excluding hydrogens is 260 g/mol. The van der Waals surface area contributed by atoms with Crippen LogP contribution in [-0.2, 0) is 4.79 Å². The summed E-state index contributed by atoms with van der Waals surface area (Å²) in [6, 6.07) is 5.57. The minimum Gasteiger partial charge on any atom is -0.330 e. The molecule has 2 unspecified atom stereocenters. The van der Waals surface area contributed by atoms with Gasteiger partial charge >= 0.3 is 0 Å². The van der Waals surface area contributed by atoms with Crippen molar-refractivity contribution in [1.29, 1.82) is 0 Å². The molecule has 3 nitrogen and oxygen atoms in total. The highest BCUT2D eigenvalue weighted by molar-refractivity contribution is 6.31. The lowest BCUT2D eigenvalue weighted by atomic mass is 9.78. The first-order chi connectivity index (χ1) is 9.13. The molecule has 0 aliphatic heterocycles. The van der Waals surface area contributed by atoms with Crippen LogP contribution in [0, 0.1) is 18.8 Å². The Labute approximate surface area is 119 Å². The maximum Gasteiger partial charge on any atom is 0.227 e. The van der Waals surface area contributed by atoms with Crippen molar-refractivity contribution in [2.45, 2.75) is 32.6 Å². The molecule has 2 rings (SSSR count). The first kappa shape index (κ1) is 14.4. The number of nitrogens with two attached hydrogens (primary N) is 1. The fraction of sp³-hybridized carbons (Fsp3) is 0.533. The number of anilines is 1. The molecule has 1 aromatic rings. The maximum atomic E-state index is 12.4. The Balaban J connectivity index is 2.09. The molecule has 0 bridgehead atoms. The van der Waals surface area contributed by atoms with E-state index in [9.17, 15) is 4.79 Å². The molecule has 0 heterocycles. The monoisotopic (exact) mass is 280 g/mol. The molecule has 0 spiro atoms. The van der Waals surface area contributed by atoms with Crippen LogP contribution in [-0.4, -0.2) is 12.5 Å². The fourth-order valence-electron chi connectivity index (χ4n) is 2.80. The van der Waals surface area contributed by atoms with Gasteiger partial charge in [-0.25, -0.2) is 0 Å². The lowest BCUT2D eigenvalue weighted by Crippen LogP contribution is -2.35. The topological polar surface area (TPSA) is 55.1 Å². The van der Waals surface area contributed by atoms with Crippen LogP contribution in [0.4, 0.5) is 5.69 Å². The van der Waals surface area contributed by atoms with Gasteiger partial charge < -0.3 is 11.1 Å². The van der Waals surface area contributed by atoms with Crippen molar-refractivity contribution < 1.29 is 4.79 Å². The van der Waals surface area contributed by atoms with E-state index in [-0.39, 0.29) is 11.8 Å². The van der Waals surface area contributed by atoms with E-state index in [1.165, 1.54) is 6.42 Å². The van der Waals surface area contributed by atoms with E-state index >= 15 is 0 Å². The number of hydrogen-bond donors (Lipinski definition) is 2. The highest BCUT2D eigenvalue weighted by Gasteiger charge is 2.30. The second-order valence-corrected chi connectivity index (χ2v) is 5.70. The third-order valence-corrected chi connectivity index (χ3v) is 4.48.